The molecule has 2 aliphatic rings. The first-order chi connectivity index (χ1) is 22.5. The molecule has 3 heterocycles. The third kappa shape index (κ3) is 7.97. The van der Waals surface area contributed by atoms with Crippen LogP contribution in [-0.2, 0) is 10.9 Å². The van der Waals surface area contributed by atoms with Gasteiger partial charge < -0.3 is 29.7 Å². The van der Waals surface area contributed by atoms with Crippen molar-refractivity contribution in [1.29, 1.82) is 0 Å². The number of nitrogens with zero attached hydrogens (tertiary/aromatic N) is 5. The highest BCUT2D eigenvalue weighted by Crippen LogP contribution is 2.37. The molecular weight excluding hydrogens is 635 g/mol. The van der Waals surface area contributed by atoms with Gasteiger partial charge in [0, 0.05) is 69.2 Å². The minimum atomic E-state index is -4.98. The van der Waals surface area contributed by atoms with Gasteiger partial charge in [0.25, 0.3) is 5.91 Å². The Balaban J connectivity index is 1.42. The van der Waals surface area contributed by atoms with Crippen LogP contribution in [0.1, 0.15) is 43.6 Å². The number of alkyl halides is 3. The normalized spacial score (nSPS) is 17.8. The van der Waals surface area contributed by atoms with Crippen molar-refractivity contribution in [2.45, 2.75) is 45.5 Å². The first-order valence-electron chi connectivity index (χ1n) is 15.7. The fourth-order valence-electron chi connectivity index (χ4n) is 5.73. The number of carbonyl (C=O) groups is 2. The van der Waals surface area contributed by atoms with Crippen molar-refractivity contribution in [3.8, 4) is 11.1 Å². The molecule has 0 unspecified atom stereocenters. The Morgan fingerprint density at radius 1 is 0.917 bits per heavy atom. The monoisotopic (exact) mass is 674 g/mol. The van der Waals surface area contributed by atoms with Crippen LogP contribution < -0.4 is 15.1 Å². The maximum Gasteiger partial charge on any atom is 0.417 e. The molecule has 9 nitrogen and oxygen atoms in total. The summed E-state index contributed by atoms with van der Waals surface area (Å²) in [5.74, 6) is -2.22. The molecule has 0 bridgehead atoms. The highest BCUT2D eigenvalue weighted by atomic mass is 19.4. The largest absolute Gasteiger partial charge is 0.444 e. The van der Waals surface area contributed by atoms with E-state index in [9.17, 15) is 27.2 Å². The standard InChI is InChI=1S/C34H39F5N6O3/c1-21-20-45(11-10-42(21)5)29-18-27(36)25(17-28(29)41-31(46)24-8-7-23(35)16-26(24)34(37,38)39)22-6-9-30(40-19-22)43-12-14-44(15-13-43)32(47)48-33(2,3)4/h6-9,16-19,21H,10-15,20H2,1-5H3,(H,41,46)/t21-/m0/s1. The molecule has 2 fully saturated rings. The Labute approximate surface area is 276 Å². The van der Waals surface area contributed by atoms with Crippen LogP contribution in [0.25, 0.3) is 11.1 Å². The van der Waals surface area contributed by atoms with Gasteiger partial charge in [-0.05, 0) is 77.2 Å². The molecule has 2 saturated heterocycles. The first-order valence-corrected chi connectivity index (χ1v) is 15.7. The number of ether oxygens (including phenoxy) is 1. The van der Waals surface area contributed by atoms with E-state index in [1.807, 2.05) is 44.5 Å². The van der Waals surface area contributed by atoms with Crippen LogP contribution in [0.5, 0.6) is 0 Å². The number of hydrogen-bond acceptors (Lipinski definition) is 7. The van der Waals surface area contributed by atoms with Crippen molar-refractivity contribution >= 4 is 29.2 Å². The average Bonchev–Trinajstić information content (AvgIpc) is 3.02. The molecule has 48 heavy (non-hydrogen) atoms. The number of hydrogen-bond donors (Lipinski definition) is 1. The van der Waals surface area contributed by atoms with Gasteiger partial charge in [0.1, 0.15) is 23.1 Å². The highest BCUT2D eigenvalue weighted by Gasteiger charge is 2.36. The Hall–Kier alpha value is -4.46. The predicted molar refractivity (Wildman–Crippen MR) is 173 cm³/mol. The maximum absolute atomic E-state index is 15.8. The molecular formula is C34H39F5N6O3. The van der Waals surface area contributed by atoms with Crippen molar-refractivity contribution < 1.29 is 36.3 Å². The van der Waals surface area contributed by atoms with E-state index in [0.717, 1.165) is 12.1 Å². The van der Waals surface area contributed by atoms with E-state index in [-0.39, 0.29) is 29.5 Å². The molecule has 0 saturated carbocycles. The topological polar surface area (TPSA) is 81.2 Å². The number of halogens is 5. The summed E-state index contributed by atoms with van der Waals surface area (Å²) in [5.41, 5.74) is -1.89. The molecule has 2 aromatic carbocycles. The Morgan fingerprint density at radius 2 is 1.60 bits per heavy atom. The lowest BCUT2D eigenvalue weighted by Gasteiger charge is -2.39. The lowest BCUT2D eigenvalue weighted by atomic mass is 10.0. The molecule has 1 aromatic heterocycles. The molecule has 258 valence electrons. The van der Waals surface area contributed by atoms with E-state index in [0.29, 0.717) is 62.9 Å². The molecule has 2 aliphatic heterocycles. The van der Waals surface area contributed by atoms with Gasteiger partial charge in [0.15, 0.2) is 0 Å². The predicted octanol–water partition coefficient (Wildman–Crippen LogP) is 6.50. The smallest absolute Gasteiger partial charge is 0.417 e. The summed E-state index contributed by atoms with van der Waals surface area (Å²) >= 11 is 0. The van der Waals surface area contributed by atoms with E-state index in [1.165, 1.54) is 18.3 Å². The summed E-state index contributed by atoms with van der Waals surface area (Å²) < 4.78 is 76.3. The quantitative estimate of drug-likeness (QED) is 0.310. The third-order valence-electron chi connectivity index (χ3n) is 8.48. The fourth-order valence-corrected chi connectivity index (χ4v) is 5.73. The minimum absolute atomic E-state index is 0.0835. The van der Waals surface area contributed by atoms with Crippen molar-refractivity contribution in [2.24, 2.45) is 0 Å². The first kappa shape index (κ1) is 34.9. The van der Waals surface area contributed by atoms with Crippen molar-refractivity contribution in [1.82, 2.24) is 14.8 Å². The molecule has 2 amide bonds. The Morgan fingerprint density at radius 3 is 2.21 bits per heavy atom. The van der Waals surface area contributed by atoms with Gasteiger partial charge in [-0.15, -0.1) is 0 Å². The van der Waals surface area contributed by atoms with Crippen LogP contribution in [-0.4, -0.2) is 91.3 Å². The van der Waals surface area contributed by atoms with Gasteiger partial charge in [-0.3, -0.25) is 4.79 Å². The molecule has 0 radical (unpaired) electrons. The SMILES string of the molecule is C[C@H]1CN(c2cc(F)c(-c3ccc(N4CCN(C(=O)OC(C)(C)C)CC4)nc3)cc2NC(=O)c2ccc(F)cc2C(F)(F)F)CCN1C. The molecule has 0 aliphatic carbocycles. The number of nitrogens with one attached hydrogen (secondary N) is 1. The van der Waals surface area contributed by atoms with Gasteiger partial charge in [0.2, 0.25) is 0 Å². The number of pyridine rings is 1. The van der Waals surface area contributed by atoms with Gasteiger partial charge in [0.05, 0.1) is 22.5 Å². The number of piperazine rings is 2. The third-order valence-corrected chi connectivity index (χ3v) is 8.48. The Kier molecular flexibility index (Phi) is 9.86. The van der Waals surface area contributed by atoms with Gasteiger partial charge in [-0.2, -0.15) is 13.2 Å². The van der Waals surface area contributed by atoms with E-state index in [4.69, 9.17) is 4.74 Å². The number of aromatic nitrogens is 1. The van der Waals surface area contributed by atoms with Crippen LogP contribution in [0.15, 0.2) is 48.7 Å². The second-order valence-corrected chi connectivity index (χ2v) is 13.1. The van der Waals surface area contributed by atoms with Gasteiger partial charge >= 0.3 is 12.3 Å². The molecule has 14 heteroatoms. The second-order valence-electron chi connectivity index (χ2n) is 13.1. The van der Waals surface area contributed by atoms with Crippen molar-refractivity contribution in [3.63, 3.8) is 0 Å². The molecule has 1 atom stereocenters. The maximum atomic E-state index is 15.8. The molecule has 5 rings (SSSR count). The van der Waals surface area contributed by atoms with E-state index >= 15 is 4.39 Å². The summed E-state index contributed by atoms with van der Waals surface area (Å²) in [4.78, 5) is 37.9. The summed E-state index contributed by atoms with van der Waals surface area (Å²) in [7, 11) is 1.96. The lowest BCUT2D eigenvalue weighted by Crippen LogP contribution is -2.50. The molecule has 1 N–H and O–H groups in total. The van der Waals surface area contributed by atoms with Crippen LogP contribution in [0.3, 0.4) is 0 Å². The van der Waals surface area contributed by atoms with E-state index in [1.54, 1.807) is 17.0 Å². The summed E-state index contributed by atoms with van der Waals surface area (Å²) in [6.07, 6.45) is -3.87. The number of anilines is 3. The number of likely N-dealkylation sites (N-methyl/N-ethyl adjacent to an activating group) is 1. The van der Waals surface area contributed by atoms with Gasteiger partial charge in [-0.25, -0.2) is 18.6 Å². The van der Waals surface area contributed by atoms with Crippen molar-refractivity contribution in [2.75, 3.05) is 68.0 Å². The van der Waals surface area contributed by atoms with Crippen LogP contribution >= 0.6 is 0 Å². The minimum Gasteiger partial charge on any atom is -0.444 e. The second kappa shape index (κ2) is 13.6. The number of rotatable bonds is 5. The van der Waals surface area contributed by atoms with Gasteiger partial charge in [-0.1, -0.05) is 0 Å². The van der Waals surface area contributed by atoms with E-state index in [2.05, 4.69) is 15.2 Å². The number of benzene rings is 2. The lowest BCUT2D eigenvalue weighted by molar-refractivity contribution is -0.138. The zero-order chi connectivity index (χ0) is 35.0. The summed E-state index contributed by atoms with van der Waals surface area (Å²) in [6.45, 7) is 10.9. The fraction of sp³-hybridized carbons (Fsp3) is 0.441. The number of amides is 2. The van der Waals surface area contributed by atoms with Crippen LogP contribution in [0.4, 0.5) is 43.9 Å². The summed E-state index contributed by atoms with van der Waals surface area (Å²) in [5, 5.41) is 2.56. The highest BCUT2D eigenvalue weighted by molar-refractivity contribution is 6.07. The average molecular weight is 675 g/mol. The zero-order valence-electron chi connectivity index (χ0n) is 27.5. The van der Waals surface area contributed by atoms with Crippen LogP contribution in [0, 0.1) is 11.6 Å². The molecule has 0 spiro atoms. The molecule has 3 aromatic rings. The van der Waals surface area contributed by atoms with E-state index < -0.39 is 40.4 Å². The summed E-state index contributed by atoms with van der Waals surface area (Å²) in [6, 6.07) is 7.98. The number of carbonyl (C=O) groups excluding carboxylic acids is 2. The van der Waals surface area contributed by atoms with Crippen LogP contribution in [0.2, 0.25) is 0 Å². The van der Waals surface area contributed by atoms with Crippen molar-refractivity contribution in [3.05, 3.63) is 71.4 Å². The zero-order valence-corrected chi connectivity index (χ0v) is 27.5. The Bertz CT molecular complexity index is 1650.